The molecule has 1 aromatic carbocycles. The lowest BCUT2D eigenvalue weighted by Gasteiger charge is -1.99. The molecular weight excluding hydrogens is 148 g/mol. The fraction of sp³-hybridized carbons (Fsp3) is 0.364. The van der Waals surface area contributed by atoms with Gasteiger partial charge in [0.25, 0.3) is 0 Å². The molecule has 0 atom stereocenters. The van der Waals surface area contributed by atoms with E-state index < -0.39 is 0 Å². The van der Waals surface area contributed by atoms with Gasteiger partial charge >= 0.3 is 0 Å². The summed E-state index contributed by atoms with van der Waals surface area (Å²) in [6.45, 7) is 3.69. The molecule has 0 bridgehead atoms. The van der Waals surface area contributed by atoms with Crippen molar-refractivity contribution in [2.45, 2.75) is 26.7 Å². The van der Waals surface area contributed by atoms with Crippen molar-refractivity contribution in [1.29, 1.82) is 0 Å². The van der Waals surface area contributed by atoms with Crippen LogP contribution in [0.1, 0.15) is 25.0 Å². The van der Waals surface area contributed by atoms with Crippen LogP contribution in [0.4, 0.5) is 0 Å². The van der Waals surface area contributed by atoms with Crippen molar-refractivity contribution >= 4 is 5.78 Å². The Morgan fingerprint density at radius 3 is 2.67 bits per heavy atom. The normalized spacial score (nSPS) is 9.83. The Bertz CT molecular complexity index is 276. The number of hydrogen-bond acceptors (Lipinski definition) is 1. The van der Waals surface area contributed by atoms with Gasteiger partial charge in [-0.25, -0.2) is 0 Å². The summed E-state index contributed by atoms with van der Waals surface area (Å²) in [5, 5.41) is 0. The first-order valence-electron chi connectivity index (χ1n) is 4.22. The molecule has 0 aliphatic heterocycles. The van der Waals surface area contributed by atoms with Crippen LogP contribution in [0.3, 0.4) is 0 Å². The topological polar surface area (TPSA) is 17.1 Å². The van der Waals surface area contributed by atoms with Crippen LogP contribution in [0.15, 0.2) is 18.2 Å². The molecule has 0 heterocycles. The second-order valence-electron chi connectivity index (χ2n) is 2.93. The summed E-state index contributed by atoms with van der Waals surface area (Å²) in [4.78, 5) is 10.8. The predicted octanol–water partition coefficient (Wildman–Crippen LogP) is 2.18. The molecule has 0 N–H and O–H groups in total. The number of Topliss-reactive ketones (excluding diaryl/α,β-unsaturated/α-hetero) is 1. The minimum atomic E-state index is 0.194. The van der Waals surface area contributed by atoms with Crippen molar-refractivity contribution in [3.05, 3.63) is 35.4 Å². The molecule has 0 saturated carbocycles. The lowest BCUT2D eigenvalue weighted by molar-refractivity contribution is -0.116. The molecule has 0 aliphatic rings. The summed E-state index contributed by atoms with van der Waals surface area (Å²) in [5.74, 6) is 0.194. The van der Waals surface area contributed by atoms with E-state index in [0.29, 0.717) is 6.42 Å². The van der Waals surface area contributed by atoms with Crippen LogP contribution in [-0.2, 0) is 17.6 Å². The highest BCUT2D eigenvalue weighted by Gasteiger charge is 1.98. The van der Waals surface area contributed by atoms with E-state index in [-0.39, 0.29) is 5.78 Å². The van der Waals surface area contributed by atoms with E-state index in [1.165, 1.54) is 5.56 Å². The van der Waals surface area contributed by atoms with E-state index >= 15 is 0 Å². The highest BCUT2D eigenvalue weighted by molar-refractivity contribution is 5.78. The van der Waals surface area contributed by atoms with Crippen LogP contribution in [0.5, 0.6) is 0 Å². The molecule has 0 saturated heterocycles. The molecule has 0 unspecified atom stereocenters. The number of ketones is 1. The van der Waals surface area contributed by atoms with Gasteiger partial charge in [-0.3, -0.25) is 4.79 Å². The van der Waals surface area contributed by atoms with Gasteiger partial charge in [-0.15, -0.1) is 0 Å². The van der Waals surface area contributed by atoms with Gasteiger partial charge in [0.2, 0.25) is 0 Å². The van der Waals surface area contributed by atoms with E-state index in [0.717, 1.165) is 12.0 Å². The zero-order valence-corrected chi connectivity index (χ0v) is 7.55. The van der Waals surface area contributed by atoms with E-state index in [2.05, 4.69) is 13.0 Å². The Balaban J connectivity index is 2.79. The van der Waals surface area contributed by atoms with Gasteiger partial charge in [0, 0.05) is 6.42 Å². The molecule has 1 aromatic rings. The van der Waals surface area contributed by atoms with E-state index in [1.807, 2.05) is 18.2 Å². The van der Waals surface area contributed by atoms with Gasteiger partial charge in [0.1, 0.15) is 5.78 Å². The maximum Gasteiger partial charge on any atom is 0.134 e. The third-order valence-electron chi connectivity index (χ3n) is 1.74. The number of carbonyl (C=O) groups excluding carboxylic acids is 1. The van der Waals surface area contributed by atoms with Gasteiger partial charge < -0.3 is 0 Å². The van der Waals surface area contributed by atoms with Crippen molar-refractivity contribution in [2.24, 2.45) is 0 Å². The Morgan fingerprint density at radius 2 is 2.08 bits per heavy atom. The molecule has 0 fully saturated rings. The lowest BCUT2D eigenvalue weighted by atomic mass is 10.1. The molecular formula is C11H13O. The standard InChI is InChI=1S/C11H13O/c1-3-10-5-4-6-11(8-10)7-9(2)12/h4-6H,3,7H2,1-2H3. The van der Waals surface area contributed by atoms with Gasteiger partial charge in [-0.2, -0.15) is 0 Å². The molecule has 12 heavy (non-hydrogen) atoms. The summed E-state index contributed by atoms with van der Waals surface area (Å²) < 4.78 is 0. The van der Waals surface area contributed by atoms with Gasteiger partial charge in [0.15, 0.2) is 0 Å². The van der Waals surface area contributed by atoms with Gasteiger partial charge in [-0.05, 0) is 30.5 Å². The fourth-order valence-electron chi connectivity index (χ4n) is 1.15. The lowest BCUT2D eigenvalue weighted by Crippen LogP contribution is -1.96. The zero-order chi connectivity index (χ0) is 8.97. The van der Waals surface area contributed by atoms with Gasteiger partial charge in [-0.1, -0.05) is 25.1 Å². The molecule has 0 spiro atoms. The summed E-state index contributed by atoms with van der Waals surface area (Å²) in [6, 6.07) is 9.16. The molecule has 63 valence electrons. The van der Waals surface area contributed by atoms with Crippen molar-refractivity contribution in [3.8, 4) is 0 Å². The van der Waals surface area contributed by atoms with Crippen LogP contribution in [0.2, 0.25) is 0 Å². The molecule has 0 aliphatic carbocycles. The zero-order valence-electron chi connectivity index (χ0n) is 7.55. The predicted molar refractivity (Wildman–Crippen MR) is 49.0 cm³/mol. The minimum Gasteiger partial charge on any atom is -0.300 e. The van der Waals surface area contributed by atoms with E-state index in [4.69, 9.17) is 0 Å². The van der Waals surface area contributed by atoms with Crippen LogP contribution >= 0.6 is 0 Å². The average Bonchev–Trinajstić information content (AvgIpc) is 2.03. The summed E-state index contributed by atoms with van der Waals surface area (Å²) in [6.07, 6.45) is 1.49. The summed E-state index contributed by atoms with van der Waals surface area (Å²) in [7, 11) is 0. The van der Waals surface area contributed by atoms with Crippen molar-refractivity contribution in [2.75, 3.05) is 0 Å². The fourth-order valence-corrected chi connectivity index (χ4v) is 1.15. The van der Waals surface area contributed by atoms with Crippen LogP contribution < -0.4 is 0 Å². The number of hydrogen-bond donors (Lipinski definition) is 0. The van der Waals surface area contributed by atoms with Crippen LogP contribution in [0, 0.1) is 6.07 Å². The highest BCUT2D eigenvalue weighted by atomic mass is 16.1. The largest absolute Gasteiger partial charge is 0.300 e. The average molecular weight is 161 g/mol. The third-order valence-corrected chi connectivity index (χ3v) is 1.74. The minimum absolute atomic E-state index is 0.194. The number of rotatable bonds is 3. The second kappa shape index (κ2) is 4.05. The second-order valence-corrected chi connectivity index (χ2v) is 2.93. The third kappa shape index (κ3) is 2.50. The Morgan fingerprint density at radius 1 is 1.42 bits per heavy atom. The monoisotopic (exact) mass is 161 g/mol. The molecule has 1 rings (SSSR count). The summed E-state index contributed by atoms with van der Waals surface area (Å²) >= 11 is 0. The van der Waals surface area contributed by atoms with Gasteiger partial charge in [0.05, 0.1) is 0 Å². The SMILES string of the molecule is CCc1[c]c(CC(C)=O)ccc1. The molecule has 0 aromatic heterocycles. The van der Waals surface area contributed by atoms with E-state index in [9.17, 15) is 4.79 Å². The first-order chi connectivity index (χ1) is 5.72. The smallest absolute Gasteiger partial charge is 0.134 e. The molecule has 1 heteroatoms. The number of carbonyl (C=O) groups is 1. The molecule has 0 amide bonds. The van der Waals surface area contributed by atoms with E-state index in [1.54, 1.807) is 6.92 Å². The Hall–Kier alpha value is -1.11. The maximum absolute atomic E-state index is 10.8. The quantitative estimate of drug-likeness (QED) is 0.664. The van der Waals surface area contributed by atoms with Crippen molar-refractivity contribution in [3.63, 3.8) is 0 Å². The highest BCUT2D eigenvalue weighted by Crippen LogP contribution is 2.05. The number of benzene rings is 1. The van der Waals surface area contributed by atoms with Crippen LogP contribution in [0.25, 0.3) is 0 Å². The molecule has 1 nitrogen and oxygen atoms in total. The van der Waals surface area contributed by atoms with Crippen molar-refractivity contribution < 1.29 is 4.79 Å². The number of aryl methyl sites for hydroxylation is 1. The maximum atomic E-state index is 10.8. The Kier molecular flexibility index (Phi) is 3.03. The Labute approximate surface area is 73.4 Å². The first-order valence-corrected chi connectivity index (χ1v) is 4.22. The van der Waals surface area contributed by atoms with Crippen molar-refractivity contribution in [1.82, 2.24) is 0 Å². The summed E-state index contributed by atoms with van der Waals surface area (Å²) in [5.41, 5.74) is 2.18. The first kappa shape index (κ1) is 8.98. The van der Waals surface area contributed by atoms with Crippen LogP contribution in [-0.4, -0.2) is 5.78 Å². The molecule has 1 radical (unpaired) electrons.